The summed E-state index contributed by atoms with van der Waals surface area (Å²) in [6, 6.07) is 0. The van der Waals surface area contributed by atoms with Gasteiger partial charge in [-0.05, 0) is 5.53 Å². The lowest BCUT2D eigenvalue weighted by atomic mass is 10.4. The number of carbonyl (C=O) groups excluding carboxylic acids is 1. The number of hydrogen-bond donors (Lipinski definition) is 1. The van der Waals surface area contributed by atoms with E-state index in [0.717, 1.165) is 26.2 Å². The van der Waals surface area contributed by atoms with Crippen LogP contribution in [0.15, 0.2) is 5.11 Å². The first kappa shape index (κ1) is 34.2. The summed E-state index contributed by atoms with van der Waals surface area (Å²) in [6.45, 7) is 12.7. The molecule has 1 fully saturated rings. The van der Waals surface area contributed by atoms with E-state index in [4.69, 9.17) is 43.9 Å². The molecule has 0 unspecified atom stereocenters. The summed E-state index contributed by atoms with van der Waals surface area (Å²) in [7, 11) is 0. The van der Waals surface area contributed by atoms with Crippen LogP contribution in [0.5, 0.6) is 0 Å². The molecule has 2 N–H and O–H groups in total. The molecule has 0 amide bonds. The van der Waals surface area contributed by atoms with E-state index in [1.54, 1.807) is 0 Å². The van der Waals surface area contributed by atoms with Crippen molar-refractivity contribution in [1.29, 1.82) is 0 Å². The number of nitrogens with two attached hydrogens (primary N) is 1. The highest BCUT2D eigenvalue weighted by Crippen LogP contribution is 2.11. The summed E-state index contributed by atoms with van der Waals surface area (Å²) in [5.41, 5.74) is 8.10. The van der Waals surface area contributed by atoms with Gasteiger partial charge in [0.15, 0.2) is 0 Å². The van der Waals surface area contributed by atoms with Gasteiger partial charge < -0.3 is 43.6 Å². The van der Waals surface area contributed by atoms with E-state index in [2.05, 4.69) is 20.2 Å². The normalized spacial score (nSPS) is 14.1. The first-order valence-electron chi connectivity index (χ1n) is 11.7. The van der Waals surface area contributed by atoms with E-state index in [-0.39, 0.29) is 0 Å². The fraction of sp³-hybridized carbons (Fsp3) is 0.950. The Kier molecular flexibility index (Phi) is 23.7. The lowest BCUT2D eigenvalue weighted by molar-refractivity contribution is -0.663. The summed E-state index contributed by atoms with van der Waals surface area (Å²) in [5.74, 6) is -3.01. The Morgan fingerprint density at radius 1 is 0.806 bits per heavy atom. The van der Waals surface area contributed by atoms with Crippen molar-refractivity contribution in [3.05, 3.63) is 10.4 Å². The smallest absolute Gasteiger partial charge is 0.430 e. The predicted octanol–water partition coefficient (Wildman–Crippen LogP) is -1.43. The van der Waals surface area contributed by atoms with E-state index < -0.39 is 12.1 Å². The lowest BCUT2D eigenvalue weighted by Crippen LogP contribution is -2.89. The quantitative estimate of drug-likeness (QED) is 0.0806. The van der Waals surface area contributed by atoms with Crippen LogP contribution in [-0.4, -0.2) is 136 Å². The number of rotatable bonds is 21. The van der Waals surface area contributed by atoms with Crippen LogP contribution in [0.4, 0.5) is 13.2 Å². The Balaban J connectivity index is 0.00000152. The molecule has 1 heterocycles. The van der Waals surface area contributed by atoms with E-state index >= 15 is 0 Å². The number of carbonyl (C=O) groups is 1. The summed E-state index contributed by atoms with van der Waals surface area (Å²) >= 11 is 0. The Morgan fingerprint density at radius 3 is 1.53 bits per heavy atom. The number of nitrogens with zero attached hydrogens (tertiary/aromatic N) is 4. The fourth-order valence-electron chi connectivity index (χ4n) is 2.57. The third kappa shape index (κ3) is 25.3. The van der Waals surface area contributed by atoms with Gasteiger partial charge in [0.25, 0.3) is 0 Å². The van der Waals surface area contributed by atoms with Crippen LogP contribution in [0, 0.1) is 0 Å². The zero-order valence-electron chi connectivity index (χ0n) is 20.5. The third-order valence-electron chi connectivity index (χ3n) is 4.34. The van der Waals surface area contributed by atoms with Crippen LogP contribution >= 0.6 is 0 Å². The first-order chi connectivity index (χ1) is 17.4. The molecule has 0 aliphatic carbocycles. The average molecular weight is 534 g/mol. The van der Waals surface area contributed by atoms with Gasteiger partial charge in [-0.15, -0.1) is 0 Å². The first-order valence-corrected chi connectivity index (χ1v) is 11.7. The zero-order chi connectivity index (χ0) is 26.7. The number of ether oxygens (including phenoxy) is 6. The number of alkyl halides is 3. The highest BCUT2D eigenvalue weighted by molar-refractivity contribution is 5.70. The maximum absolute atomic E-state index is 10.5. The monoisotopic (exact) mass is 533 g/mol. The molecule has 0 aromatic heterocycles. The molecular weight excluding hydrogens is 495 g/mol. The van der Waals surface area contributed by atoms with Crippen molar-refractivity contribution in [3.63, 3.8) is 0 Å². The second-order valence-corrected chi connectivity index (χ2v) is 7.12. The van der Waals surface area contributed by atoms with Gasteiger partial charge in [-0.1, -0.05) is 5.11 Å². The summed E-state index contributed by atoms with van der Waals surface area (Å²) < 4.78 is 64.0. The molecule has 0 aromatic rings. The van der Waals surface area contributed by atoms with Gasteiger partial charge in [0.05, 0.1) is 92.4 Å². The van der Waals surface area contributed by atoms with E-state index in [1.807, 2.05) is 0 Å². The number of azide groups is 1. The molecule has 0 bridgehead atoms. The van der Waals surface area contributed by atoms with Crippen LogP contribution in [0.3, 0.4) is 0 Å². The van der Waals surface area contributed by atoms with Crippen molar-refractivity contribution in [2.45, 2.75) is 6.18 Å². The fourth-order valence-corrected chi connectivity index (χ4v) is 2.57. The van der Waals surface area contributed by atoms with Gasteiger partial charge in [-0.2, -0.15) is 13.2 Å². The highest BCUT2D eigenvalue weighted by atomic mass is 19.4. The van der Waals surface area contributed by atoms with Crippen LogP contribution in [0.25, 0.3) is 10.4 Å². The van der Waals surface area contributed by atoms with Crippen LogP contribution in [0.2, 0.25) is 0 Å². The SMILES string of the molecule is O=C([O-])C(F)(F)F.[N-]=[N+]=NCCOCCOCCOCCOCCOCCOCCN1CC[NH2+]CC1. The number of quaternary nitrogens is 1. The third-order valence-corrected chi connectivity index (χ3v) is 4.34. The molecule has 212 valence electrons. The maximum Gasteiger partial charge on any atom is 0.430 e. The Morgan fingerprint density at radius 2 is 1.17 bits per heavy atom. The van der Waals surface area contributed by atoms with Gasteiger partial charge >= 0.3 is 6.18 Å². The summed E-state index contributed by atoms with van der Waals surface area (Å²) in [4.78, 5) is 13.9. The Hall–Kier alpha value is -1.75. The van der Waals surface area contributed by atoms with Crippen LogP contribution in [-0.2, 0) is 33.2 Å². The molecule has 0 spiro atoms. The molecular formula is C20H38F3N5O8. The molecule has 0 saturated carbocycles. The van der Waals surface area contributed by atoms with Gasteiger partial charge in [0, 0.05) is 31.1 Å². The van der Waals surface area contributed by atoms with Gasteiger partial charge in [-0.25, -0.2) is 0 Å². The van der Waals surface area contributed by atoms with Crippen LogP contribution in [0.1, 0.15) is 0 Å². The zero-order valence-corrected chi connectivity index (χ0v) is 20.5. The number of hydrogen-bond acceptors (Lipinski definition) is 10. The highest BCUT2D eigenvalue weighted by Gasteiger charge is 2.28. The maximum atomic E-state index is 10.5. The molecule has 0 atom stereocenters. The van der Waals surface area contributed by atoms with Gasteiger partial charge in [0.1, 0.15) is 5.97 Å². The minimum atomic E-state index is -5.19. The van der Waals surface area contributed by atoms with E-state index in [9.17, 15) is 13.2 Å². The number of aliphatic carboxylic acids is 1. The molecule has 1 aliphatic rings. The molecule has 0 radical (unpaired) electrons. The molecule has 36 heavy (non-hydrogen) atoms. The minimum absolute atomic E-state index is 0.344. The molecule has 16 heteroatoms. The number of piperazine rings is 1. The van der Waals surface area contributed by atoms with Crippen molar-refractivity contribution in [2.24, 2.45) is 5.11 Å². The standard InChI is InChI=1S/C18H37N5O6.C2HF3O2/c19-22-21-3-7-24-9-11-26-13-15-28-17-18-29-16-14-27-12-10-25-8-6-23-4-1-20-2-5-23;3-2(4,5)1(6)7/h20H,1-18H2;(H,6,7). The van der Waals surface area contributed by atoms with Crippen LogP contribution < -0.4 is 10.4 Å². The van der Waals surface area contributed by atoms with Gasteiger partial charge in [-0.3, -0.25) is 4.90 Å². The van der Waals surface area contributed by atoms with Crippen molar-refractivity contribution < 1.29 is 56.8 Å². The number of halogens is 3. The lowest BCUT2D eigenvalue weighted by Gasteiger charge is -2.24. The number of carboxylic acids is 1. The van der Waals surface area contributed by atoms with Crippen molar-refractivity contribution >= 4 is 5.97 Å². The largest absolute Gasteiger partial charge is 0.542 e. The van der Waals surface area contributed by atoms with Crippen molar-refractivity contribution in [3.8, 4) is 0 Å². The predicted molar refractivity (Wildman–Crippen MR) is 118 cm³/mol. The molecule has 0 aromatic carbocycles. The molecule has 13 nitrogen and oxygen atoms in total. The topological polar surface area (TPSA) is 164 Å². The number of carboxylic acid groups (broad SMARTS) is 1. The summed E-state index contributed by atoms with van der Waals surface area (Å²) in [6.07, 6.45) is -5.19. The minimum Gasteiger partial charge on any atom is -0.542 e. The Labute approximate surface area is 208 Å². The van der Waals surface area contributed by atoms with E-state index in [1.165, 1.54) is 13.1 Å². The molecule has 1 saturated heterocycles. The van der Waals surface area contributed by atoms with E-state index in [0.29, 0.717) is 79.2 Å². The van der Waals surface area contributed by atoms with Crippen molar-refractivity contribution in [1.82, 2.24) is 4.90 Å². The second-order valence-electron chi connectivity index (χ2n) is 7.12. The summed E-state index contributed by atoms with van der Waals surface area (Å²) in [5, 5.41) is 14.5. The Bertz CT molecular complexity index is 566. The molecule has 1 aliphatic heterocycles. The average Bonchev–Trinajstić information content (AvgIpc) is 2.85. The van der Waals surface area contributed by atoms with Crippen molar-refractivity contribution in [2.75, 3.05) is 119 Å². The molecule has 1 rings (SSSR count). The van der Waals surface area contributed by atoms with Gasteiger partial charge in [0.2, 0.25) is 0 Å². The second kappa shape index (κ2) is 24.9.